The Kier molecular flexibility index (Phi) is 4.20. The van der Waals surface area contributed by atoms with E-state index in [1.54, 1.807) is 6.07 Å². The first-order valence-electron chi connectivity index (χ1n) is 5.74. The van der Waals surface area contributed by atoms with E-state index in [1.807, 2.05) is 0 Å². The van der Waals surface area contributed by atoms with E-state index in [9.17, 15) is 13.6 Å². The van der Waals surface area contributed by atoms with E-state index in [4.69, 9.17) is 17.3 Å². The second kappa shape index (κ2) is 5.88. The van der Waals surface area contributed by atoms with Gasteiger partial charge in [0.25, 0.3) is 0 Å². The summed E-state index contributed by atoms with van der Waals surface area (Å²) in [6.07, 6.45) is 0. The van der Waals surface area contributed by atoms with Gasteiger partial charge in [-0.25, -0.2) is 8.78 Å². The van der Waals surface area contributed by atoms with Gasteiger partial charge >= 0.3 is 0 Å². The summed E-state index contributed by atoms with van der Waals surface area (Å²) in [5.74, 6) is -1.68. The van der Waals surface area contributed by atoms with Crippen LogP contribution in [0.3, 0.4) is 0 Å². The maximum absolute atomic E-state index is 13.4. The Balaban J connectivity index is 2.15. The van der Waals surface area contributed by atoms with E-state index in [-0.39, 0.29) is 17.8 Å². The molecule has 0 bridgehead atoms. The third-order valence-corrected chi connectivity index (χ3v) is 3.09. The Morgan fingerprint density at radius 2 is 1.95 bits per heavy atom. The molecule has 2 aromatic rings. The van der Waals surface area contributed by atoms with Crippen molar-refractivity contribution >= 4 is 23.2 Å². The Hall–Kier alpha value is -2.14. The maximum Gasteiger partial charge on any atom is 0.248 e. The number of anilines is 1. The van der Waals surface area contributed by atoms with Gasteiger partial charge in [-0.2, -0.15) is 0 Å². The molecule has 0 unspecified atom stereocenters. The molecule has 0 atom stereocenters. The smallest absolute Gasteiger partial charge is 0.248 e. The molecule has 0 fully saturated rings. The van der Waals surface area contributed by atoms with Gasteiger partial charge in [-0.05, 0) is 35.9 Å². The van der Waals surface area contributed by atoms with E-state index >= 15 is 0 Å². The number of halogens is 3. The number of rotatable bonds is 4. The third-order valence-electron chi connectivity index (χ3n) is 2.74. The average molecular weight is 297 g/mol. The topological polar surface area (TPSA) is 55.1 Å². The molecule has 0 radical (unpaired) electrons. The highest BCUT2D eigenvalue weighted by Crippen LogP contribution is 2.21. The van der Waals surface area contributed by atoms with Crippen molar-refractivity contribution < 1.29 is 13.6 Å². The van der Waals surface area contributed by atoms with Crippen LogP contribution < -0.4 is 11.1 Å². The molecule has 3 nitrogen and oxygen atoms in total. The molecule has 6 heteroatoms. The lowest BCUT2D eigenvalue weighted by Gasteiger charge is -2.10. The quantitative estimate of drug-likeness (QED) is 0.909. The van der Waals surface area contributed by atoms with Gasteiger partial charge in [0.2, 0.25) is 5.91 Å². The number of carbonyl (C=O) groups excluding carboxylic acids is 1. The number of amides is 1. The minimum Gasteiger partial charge on any atom is -0.378 e. The molecular weight excluding hydrogens is 286 g/mol. The van der Waals surface area contributed by atoms with Gasteiger partial charge in [-0.1, -0.05) is 17.7 Å². The van der Waals surface area contributed by atoms with Crippen molar-refractivity contribution in [2.75, 3.05) is 5.32 Å². The van der Waals surface area contributed by atoms with Crippen molar-refractivity contribution in [1.29, 1.82) is 0 Å². The Labute approximate surface area is 119 Å². The minimum atomic E-state index is -0.581. The molecule has 0 aliphatic rings. The minimum absolute atomic E-state index is 0.0417. The Morgan fingerprint density at radius 3 is 2.60 bits per heavy atom. The first-order valence-corrected chi connectivity index (χ1v) is 6.12. The lowest BCUT2D eigenvalue weighted by atomic mass is 10.1. The predicted molar refractivity (Wildman–Crippen MR) is 73.7 cm³/mol. The van der Waals surface area contributed by atoms with Crippen LogP contribution in [0.1, 0.15) is 15.9 Å². The first-order chi connectivity index (χ1) is 9.47. The van der Waals surface area contributed by atoms with E-state index in [0.29, 0.717) is 10.6 Å². The van der Waals surface area contributed by atoms with Crippen molar-refractivity contribution in [1.82, 2.24) is 0 Å². The second-order valence-electron chi connectivity index (χ2n) is 4.15. The van der Waals surface area contributed by atoms with Gasteiger partial charge in [0.1, 0.15) is 11.6 Å². The molecule has 0 saturated heterocycles. The second-order valence-corrected chi connectivity index (χ2v) is 4.56. The molecule has 0 saturated carbocycles. The summed E-state index contributed by atoms with van der Waals surface area (Å²) in [6, 6.07) is 7.69. The van der Waals surface area contributed by atoms with Crippen molar-refractivity contribution in [2.24, 2.45) is 5.73 Å². The number of nitrogens with two attached hydrogens (primary N) is 1. The summed E-state index contributed by atoms with van der Waals surface area (Å²) < 4.78 is 26.4. The summed E-state index contributed by atoms with van der Waals surface area (Å²) in [7, 11) is 0. The number of nitrogens with one attached hydrogen (secondary N) is 1. The fourth-order valence-electron chi connectivity index (χ4n) is 1.67. The van der Waals surface area contributed by atoms with Crippen molar-refractivity contribution in [3.05, 3.63) is 64.2 Å². The number of hydrogen-bond acceptors (Lipinski definition) is 2. The maximum atomic E-state index is 13.4. The number of carbonyl (C=O) groups is 1. The van der Waals surface area contributed by atoms with Gasteiger partial charge < -0.3 is 11.1 Å². The lowest BCUT2D eigenvalue weighted by Crippen LogP contribution is -2.11. The molecule has 2 rings (SSSR count). The van der Waals surface area contributed by atoms with Crippen LogP contribution in [0, 0.1) is 11.6 Å². The van der Waals surface area contributed by atoms with Crippen molar-refractivity contribution in [3.63, 3.8) is 0 Å². The molecule has 0 spiro atoms. The fourth-order valence-corrected chi connectivity index (χ4v) is 1.91. The van der Waals surface area contributed by atoms with Crippen molar-refractivity contribution in [2.45, 2.75) is 6.54 Å². The average Bonchev–Trinajstić information content (AvgIpc) is 2.40. The zero-order valence-electron chi connectivity index (χ0n) is 10.3. The standard InChI is InChI=1S/C14H11ClF2N2O/c15-11-5-8(14(18)20)1-2-9(11)7-19-13-6-10(16)3-4-12(13)17/h1-6,19H,7H2,(H2,18,20). The van der Waals surface area contributed by atoms with E-state index in [2.05, 4.69) is 5.32 Å². The number of primary amides is 1. The highest BCUT2D eigenvalue weighted by atomic mass is 35.5. The summed E-state index contributed by atoms with van der Waals surface area (Å²) in [5, 5.41) is 3.07. The predicted octanol–water partition coefficient (Wildman–Crippen LogP) is 3.33. The van der Waals surface area contributed by atoms with E-state index < -0.39 is 17.5 Å². The van der Waals surface area contributed by atoms with Crippen LogP contribution in [0.5, 0.6) is 0 Å². The third kappa shape index (κ3) is 3.24. The zero-order valence-corrected chi connectivity index (χ0v) is 11.0. The van der Waals surface area contributed by atoms with Gasteiger partial charge in [-0.15, -0.1) is 0 Å². The highest BCUT2D eigenvalue weighted by molar-refractivity contribution is 6.31. The molecule has 104 valence electrons. The van der Waals surface area contributed by atoms with Crippen molar-refractivity contribution in [3.8, 4) is 0 Å². The van der Waals surface area contributed by atoms with Crippen LogP contribution in [-0.4, -0.2) is 5.91 Å². The van der Waals surface area contributed by atoms with E-state index in [1.165, 1.54) is 12.1 Å². The van der Waals surface area contributed by atoms with Gasteiger partial charge in [0.15, 0.2) is 0 Å². The normalized spacial score (nSPS) is 10.3. The summed E-state index contributed by atoms with van der Waals surface area (Å²) in [5.41, 5.74) is 6.10. The molecule has 0 heterocycles. The first kappa shape index (κ1) is 14.3. The van der Waals surface area contributed by atoms with Gasteiger partial charge in [0.05, 0.1) is 5.69 Å². The molecular formula is C14H11ClF2N2O. The number of benzene rings is 2. The summed E-state index contributed by atoms with van der Waals surface area (Å²) in [4.78, 5) is 11.0. The molecule has 0 aliphatic carbocycles. The molecule has 0 aromatic heterocycles. The summed E-state index contributed by atoms with van der Waals surface area (Å²) >= 11 is 6.00. The number of hydrogen-bond donors (Lipinski definition) is 2. The van der Waals surface area contributed by atoms with Crippen LogP contribution in [0.15, 0.2) is 36.4 Å². The van der Waals surface area contributed by atoms with Crippen LogP contribution in [0.25, 0.3) is 0 Å². The van der Waals surface area contributed by atoms with E-state index in [0.717, 1.165) is 18.2 Å². The Bertz CT molecular complexity index is 662. The van der Waals surface area contributed by atoms with Crippen LogP contribution in [-0.2, 0) is 6.54 Å². The fraction of sp³-hybridized carbons (Fsp3) is 0.0714. The SMILES string of the molecule is NC(=O)c1ccc(CNc2cc(F)ccc2F)c(Cl)c1. The lowest BCUT2D eigenvalue weighted by molar-refractivity contribution is 0.100. The molecule has 1 amide bonds. The zero-order chi connectivity index (χ0) is 14.7. The summed E-state index contributed by atoms with van der Waals surface area (Å²) in [6.45, 7) is 0.193. The van der Waals surface area contributed by atoms with Gasteiger partial charge in [0, 0.05) is 17.1 Å². The van der Waals surface area contributed by atoms with Gasteiger partial charge in [-0.3, -0.25) is 4.79 Å². The molecule has 3 N–H and O–H groups in total. The largest absolute Gasteiger partial charge is 0.378 e. The molecule has 0 aliphatic heterocycles. The van der Waals surface area contributed by atoms with Crippen LogP contribution in [0.2, 0.25) is 5.02 Å². The molecule has 2 aromatic carbocycles. The van der Waals surface area contributed by atoms with Crippen LogP contribution in [0.4, 0.5) is 14.5 Å². The monoisotopic (exact) mass is 296 g/mol. The molecule has 20 heavy (non-hydrogen) atoms. The highest BCUT2D eigenvalue weighted by Gasteiger charge is 2.07. The van der Waals surface area contributed by atoms with Crippen LogP contribution >= 0.6 is 11.6 Å². The Morgan fingerprint density at radius 1 is 1.20 bits per heavy atom.